The largest absolute Gasteiger partial charge is 0.391 e. The van der Waals surface area contributed by atoms with Gasteiger partial charge in [0.15, 0.2) is 0 Å². The number of aliphatic hydroxyl groups is 1. The molecule has 0 spiro atoms. The van der Waals surface area contributed by atoms with Crippen LogP contribution in [0, 0.1) is 0 Å². The number of fused-ring (bicyclic) bond motifs is 1. The first kappa shape index (κ1) is 14.1. The molecule has 0 amide bonds. The third-order valence-corrected chi connectivity index (χ3v) is 4.84. The van der Waals surface area contributed by atoms with Gasteiger partial charge in [-0.15, -0.1) is 0 Å². The summed E-state index contributed by atoms with van der Waals surface area (Å²) in [6.07, 6.45) is 0.148. The molecular formula is C16H21N3O2. The van der Waals surface area contributed by atoms with E-state index in [-0.39, 0.29) is 11.6 Å². The van der Waals surface area contributed by atoms with E-state index in [4.69, 9.17) is 0 Å². The molecule has 21 heavy (non-hydrogen) atoms. The van der Waals surface area contributed by atoms with E-state index in [9.17, 15) is 9.90 Å². The Bertz CT molecular complexity index is 753. The lowest BCUT2D eigenvalue weighted by atomic mass is 10.0. The molecule has 3 rings (SSSR count). The van der Waals surface area contributed by atoms with Crippen LogP contribution in [-0.2, 0) is 6.42 Å². The minimum atomic E-state index is -0.518. The van der Waals surface area contributed by atoms with E-state index in [1.165, 1.54) is 0 Å². The molecule has 5 nitrogen and oxygen atoms in total. The van der Waals surface area contributed by atoms with Crippen molar-refractivity contribution in [2.45, 2.75) is 51.8 Å². The van der Waals surface area contributed by atoms with Gasteiger partial charge in [0.25, 0.3) is 5.56 Å². The third kappa shape index (κ3) is 1.80. The van der Waals surface area contributed by atoms with Gasteiger partial charge in [0, 0.05) is 6.42 Å². The second-order valence-electron chi connectivity index (χ2n) is 5.94. The van der Waals surface area contributed by atoms with Crippen LogP contribution in [0.25, 0.3) is 10.9 Å². The molecule has 0 saturated carbocycles. The minimum Gasteiger partial charge on any atom is -0.391 e. The molecule has 2 aromatic rings. The average Bonchev–Trinajstić information content (AvgIpc) is 3.02. The summed E-state index contributed by atoms with van der Waals surface area (Å²) in [6.45, 7) is 7.75. The number of hydrogen-bond acceptors (Lipinski definition) is 4. The highest BCUT2D eigenvalue weighted by atomic mass is 16.3. The smallest absolute Gasteiger partial charge is 0.280 e. The molecule has 0 aliphatic carbocycles. The van der Waals surface area contributed by atoms with E-state index in [1.54, 1.807) is 17.7 Å². The molecule has 0 unspecified atom stereocenters. The van der Waals surface area contributed by atoms with Crippen LogP contribution in [0.4, 0.5) is 0 Å². The van der Waals surface area contributed by atoms with Crippen LogP contribution in [0.5, 0.6) is 0 Å². The van der Waals surface area contributed by atoms with Gasteiger partial charge in [-0.2, -0.15) is 0 Å². The van der Waals surface area contributed by atoms with Crippen molar-refractivity contribution in [3.8, 4) is 0 Å². The van der Waals surface area contributed by atoms with E-state index in [2.05, 4.69) is 4.98 Å². The highest BCUT2D eigenvalue weighted by molar-refractivity contribution is 5.77. The number of benzene rings is 1. The van der Waals surface area contributed by atoms with Gasteiger partial charge >= 0.3 is 0 Å². The van der Waals surface area contributed by atoms with Crippen LogP contribution in [0.1, 0.15) is 33.5 Å². The molecule has 0 radical (unpaired) electrons. The number of aliphatic hydroxyl groups excluding tert-OH is 1. The van der Waals surface area contributed by atoms with Crippen molar-refractivity contribution in [2.24, 2.45) is 0 Å². The highest BCUT2D eigenvalue weighted by Crippen LogP contribution is 2.41. The van der Waals surface area contributed by atoms with Crippen molar-refractivity contribution in [3.63, 3.8) is 0 Å². The Morgan fingerprint density at radius 3 is 2.67 bits per heavy atom. The van der Waals surface area contributed by atoms with E-state index in [0.717, 1.165) is 11.3 Å². The topological polar surface area (TPSA) is 58.1 Å². The minimum absolute atomic E-state index is 0.0614. The standard InChI is InChI=1S/C16H21N3O2/c1-5-14-17-13-9-7-6-8-12(13)15(21)18(14)19-10(2)16(19,4)11(3)20/h6-11,20H,5H2,1-4H3/t10-,11-,16+,19?/m1/s1. The lowest BCUT2D eigenvalue weighted by molar-refractivity contribution is 0.153. The lowest BCUT2D eigenvalue weighted by Crippen LogP contribution is -2.40. The molecule has 5 heteroatoms. The van der Waals surface area contributed by atoms with E-state index < -0.39 is 11.6 Å². The van der Waals surface area contributed by atoms with Gasteiger partial charge in [0.1, 0.15) is 11.4 Å². The van der Waals surface area contributed by atoms with E-state index in [1.807, 2.05) is 44.0 Å². The van der Waals surface area contributed by atoms with Crippen LogP contribution in [0.2, 0.25) is 0 Å². The Hall–Kier alpha value is -1.88. The van der Waals surface area contributed by atoms with Gasteiger partial charge < -0.3 is 5.11 Å². The fraction of sp³-hybridized carbons (Fsp3) is 0.500. The molecule has 1 aromatic heterocycles. The first-order valence-electron chi connectivity index (χ1n) is 7.41. The summed E-state index contributed by atoms with van der Waals surface area (Å²) >= 11 is 0. The number of nitrogens with zero attached hydrogens (tertiary/aromatic N) is 3. The van der Waals surface area contributed by atoms with E-state index >= 15 is 0 Å². The summed E-state index contributed by atoms with van der Waals surface area (Å²) in [4.78, 5) is 17.5. The Kier molecular flexibility index (Phi) is 3.06. The number of para-hydroxylation sites is 1. The molecule has 0 bridgehead atoms. The predicted octanol–water partition coefficient (Wildman–Crippen LogP) is 1.44. The number of hydrogen-bond donors (Lipinski definition) is 1. The van der Waals surface area contributed by atoms with Crippen LogP contribution < -0.4 is 10.6 Å². The van der Waals surface area contributed by atoms with Crippen molar-refractivity contribution in [3.05, 3.63) is 40.4 Å². The van der Waals surface area contributed by atoms with Crippen molar-refractivity contribution in [1.82, 2.24) is 9.66 Å². The molecule has 1 saturated heterocycles. The number of aromatic nitrogens is 2. The molecule has 1 aromatic carbocycles. The monoisotopic (exact) mass is 287 g/mol. The summed E-state index contributed by atoms with van der Waals surface area (Å²) in [5, 5.41) is 12.6. The Morgan fingerprint density at radius 2 is 2.10 bits per heavy atom. The van der Waals surface area contributed by atoms with Crippen LogP contribution in [0.15, 0.2) is 29.1 Å². The average molecular weight is 287 g/mol. The van der Waals surface area contributed by atoms with Crippen LogP contribution in [-0.4, -0.2) is 32.5 Å². The highest BCUT2D eigenvalue weighted by Gasteiger charge is 2.61. The van der Waals surface area contributed by atoms with Crippen LogP contribution in [0.3, 0.4) is 0 Å². The fourth-order valence-electron chi connectivity index (χ4n) is 3.10. The molecule has 1 N–H and O–H groups in total. The predicted molar refractivity (Wildman–Crippen MR) is 83.1 cm³/mol. The second-order valence-corrected chi connectivity index (χ2v) is 5.94. The Balaban J connectivity index is 2.24. The first-order valence-corrected chi connectivity index (χ1v) is 7.41. The number of rotatable bonds is 3. The van der Waals surface area contributed by atoms with Gasteiger partial charge in [-0.05, 0) is 32.9 Å². The molecule has 1 fully saturated rings. The number of aryl methyl sites for hydroxylation is 1. The fourth-order valence-corrected chi connectivity index (χ4v) is 3.10. The molecule has 1 aliphatic rings. The third-order valence-electron chi connectivity index (χ3n) is 4.84. The van der Waals surface area contributed by atoms with Crippen molar-refractivity contribution in [1.29, 1.82) is 0 Å². The zero-order chi connectivity index (χ0) is 15.4. The molecule has 112 valence electrons. The second kappa shape index (κ2) is 4.56. The Labute approximate surface area is 123 Å². The zero-order valence-electron chi connectivity index (χ0n) is 12.9. The quantitative estimate of drug-likeness (QED) is 0.868. The van der Waals surface area contributed by atoms with Gasteiger partial charge in [-0.25, -0.2) is 9.66 Å². The maximum absolute atomic E-state index is 12.8. The SMILES string of the molecule is CCc1nc2ccccc2c(=O)n1N1[C@H](C)[C@@]1(C)[C@@H](C)O. The maximum atomic E-state index is 12.8. The van der Waals surface area contributed by atoms with Gasteiger partial charge in [-0.1, -0.05) is 19.1 Å². The molecular weight excluding hydrogens is 266 g/mol. The maximum Gasteiger partial charge on any atom is 0.280 e. The molecule has 2 heterocycles. The molecule has 3 atom stereocenters. The first-order chi connectivity index (χ1) is 9.92. The van der Waals surface area contributed by atoms with Gasteiger partial charge in [0.2, 0.25) is 0 Å². The Morgan fingerprint density at radius 1 is 1.43 bits per heavy atom. The summed E-state index contributed by atoms with van der Waals surface area (Å²) in [7, 11) is 0. The van der Waals surface area contributed by atoms with Crippen molar-refractivity contribution >= 4 is 10.9 Å². The molecule has 1 aliphatic heterocycles. The van der Waals surface area contributed by atoms with Gasteiger partial charge in [0.05, 0.1) is 23.0 Å². The van der Waals surface area contributed by atoms with E-state index in [0.29, 0.717) is 11.8 Å². The summed E-state index contributed by atoms with van der Waals surface area (Å²) in [5.41, 5.74) is 0.246. The van der Waals surface area contributed by atoms with Crippen molar-refractivity contribution in [2.75, 3.05) is 5.01 Å². The normalized spacial score (nSPS) is 26.1. The van der Waals surface area contributed by atoms with Gasteiger partial charge in [-0.3, -0.25) is 9.80 Å². The summed E-state index contributed by atoms with van der Waals surface area (Å²) in [5.74, 6) is 0.731. The summed E-state index contributed by atoms with van der Waals surface area (Å²) < 4.78 is 1.65. The summed E-state index contributed by atoms with van der Waals surface area (Å²) in [6, 6.07) is 7.50. The van der Waals surface area contributed by atoms with Crippen LogP contribution >= 0.6 is 0 Å². The van der Waals surface area contributed by atoms with Crippen molar-refractivity contribution < 1.29 is 5.11 Å². The lowest BCUT2D eigenvalue weighted by Gasteiger charge is -2.20. The zero-order valence-corrected chi connectivity index (χ0v) is 12.9.